The number of nitrogens with one attached hydrogen (secondary N) is 1. The third-order valence-corrected chi connectivity index (χ3v) is 10.8. The number of oxazole rings is 1. The van der Waals surface area contributed by atoms with Gasteiger partial charge in [0.1, 0.15) is 0 Å². The maximum Gasteiger partial charge on any atom is 0.307 e. The molecule has 13 rings (SSSR count). The van der Waals surface area contributed by atoms with Crippen LogP contribution in [-0.4, -0.2) is 42.7 Å². The molecule has 6 aromatic carbocycles. The van der Waals surface area contributed by atoms with Crippen molar-refractivity contribution in [2.45, 2.75) is 0 Å². The number of fused-ring (bicyclic) bond motifs is 15. The average Bonchev–Trinajstić information content (AvgIpc) is 4.05. The molecule has 13 aromatic rings. The molecule has 1 N–H and O–H groups in total. The van der Waals surface area contributed by atoms with Gasteiger partial charge in [-0.25, -0.2) is 15.0 Å². The standard InChI is InChI=1S/C44H25N9O/c1-4-13-34-30(8-1)46-42-47-33-19-16-25(22-38(33)51(34)42)28-11-7-12-29(45-28)26-17-20-37-39(23-26)52-35-14-5-2-9-31(35)48-43(52)50(37)27-18-21-41-40(24-27)53-36-15-6-3-10-32(36)49-44(53)54-41/h1-24H,(H,46,47). The molecule has 0 aliphatic carbocycles. The molecule has 10 nitrogen and oxygen atoms in total. The molecule has 0 amide bonds. The largest absolute Gasteiger partial charge is 0.423 e. The number of hydrogen-bond donors (Lipinski definition) is 1. The number of aromatic nitrogens is 9. The first-order valence-corrected chi connectivity index (χ1v) is 17.8. The van der Waals surface area contributed by atoms with Crippen LogP contribution in [0.1, 0.15) is 0 Å². The fourth-order valence-electron chi connectivity index (χ4n) is 8.34. The number of rotatable bonds is 3. The summed E-state index contributed by atoms with van der Waals surface area (Å²) in [5.74, 6) is 2.24. The van der Waals surface area contributed by atoms with Crippen LogP contribution < -0.4 is 0 Å². The summed E-state index contributed by atoms with van der Waals surface area (Å²) in [6, 6.07) is 50.1. The number of aromatic amines is 1. The van der Waals surface area contributed by atoms with Crippen LogP contribution in [0.2, 0.25) is 0 Å². The van der Waals surface area contributed by atoms with Crippen molar-refractivity contribution in [3.8, 4) is 28.2 Å². The summed E-state index contributed by atoms with van der Waals surface area (Å²) in [6.45, 7) is 0. The highest BCUT2D eigenvalue weighted by molar-refractivity contribution is 5.96. The summed E-state index contributed by atoms with van der Waals surface area (Å²) in [6.07, 6.45) is 0. The third-order valence-electron chi connectivity index (χ3n) is 10.8. The molecule has 0 aliphatic rings. The second-order valence-corrected chi connectivity index (χ2v) is 13.8. The van der Waals surface area contributed by atoms with E-state index in [2.05, 4.69) is 120 Å². The van der Waals surface area contributed by atoms with Crippen molar-refractivity contribution in [1.29, 1.82) is 0 Å². The highest BCUT2D eigenvalue weighted by atomic mass is 16.4. The summed E-state index contributed by atoms with van der Waals surface area (Å²) >= 11 is 0. The molecule has 0 unspecified atom stereocenters. The summed E-state index contributed by atoms with van der Waals surface area (Å²) < 4.78 is 14.9. The lowest BCUT2D eigenvalue weighted by molar-refractivity contribution is 0.643. The van der Waals surface area contributed by atoms with Gasteiger partial charge in [-0.05, 0) is 91.0 Å². The normalized spacial score (nSPS) is 12.4. The second kappa shape index (κ2) is 9.99. The van der Waals surface area contributed by atoms with E-state index in [9.17, 15) is 0 Å². The van der Waals surface area contributed by atoms with Crippen LogP contribution in [0.3, 0.4) is 0 Å². The molecule has 7 aromatic heterocycles. The van der Waals surface area contributed by atoms with Crippen molar-refractivity contribution in [3.63, 3.8) is 0 Å². The lowest BCUT2D eigenvalue weighted by Crippen LogP contribution is -1.95. The molecular formula is C44H25N9O. The number of H-pyrrole nitrogens is 1. The van der Waals surface area contributed by atoms with Gasteiger partial charge < -0.3 is 9.40 Å². The number of benzene rings is 6. The number of hydrogen-bond acceptors (Lipinski definition) is 5. The van der Waals surface area contributed by atoms with Crippen molar-refractivity contribution in [3.05, 3.63) is 146 Å². The Morgan fingerprint density at radius 2 is 1.11 bits per heavy atom. The lowest BCUT2D eigenvalue weighted by atomic mass is 10.1. The van der Waals surface area contributed by atoms with Crippen molar-refractivity contribution < 1.29 is 4.42 Å². The van der Waals surface area contributed by atoms with Crippen LogP contribution in [0.25, 0.3) is 112 Å². The Balaban J connectivity index is 0.992. The fraction of sp³-hybridized carbons (Fsp3) is 0. The Labute approximate surface area is 303 Å². The number of para-hydroxylation sites is 6. The van der Waals surface area contributed by atoms with Gasteiger partial charge in [0.05, 0.1) is 77.8 Å². The number of imidazole rings is 5. The molecule has 0 aliphatic heterocycles. The maximum atomic E-state index is 6.20. The van der Waals surface area contributed by atoms with Gasteiger partial charge in [-0.1, -0.05) is 54.6 Å². The Kier molecular flexibility index (Phi) is 5.17. The molecule has 252 valence electrons. The number of nitrogens with zero attached hydrogens (tertiary/aromatic N) is 8. The van der Waals surface area contributed by atoms with Gasteiger partial charge >= 0.3 is 5.84 Å². The molecule has 0 bridgehead atoms. The molecular weight excluding hydrogens is 671 g/mol. The molecule has 0 spiro atoms. The minimum Gasteiger partial charge on any atom is -0.423 e. The summed E-state index contributed by atoms with van der Waals surface area (Å²) in [5.41, 5.74) is 16.6. The van der Waals surface area contributed by atoms with Gasteiger partial charge in [-0.15, -0.1) is 0 Å². The monoisotopic (exact) mass is 695 g/mol. The van der Waals surface area contributed by atoms with Crippen molar-refractivity contribution >= 4 is 83.7 Å². The summed E-state index contributed by atoms with van der Waals surface area (Å²) in [5, 5.41) is 0. The third kappa shape index (κ3) is 3.67. The van der Waals surface area contributed by atoms with Crippen LogP contribution in [0.5, 0.6) is 0 Å². The minimum atomic E-state index is 0.577. The van der Waals surface area contributed by atoms with Crippen LogP contribution in [0, 0.1) is 0 Å². The minimum absolute atomic E-state index is 0.577. The van der Waals surface area contributed by atoms with E-state index in [-0.39, 0.29) is 0 Å². The quantitative estimate of drug-likeness (QED) is 0.198. The first kappa shape index (κ1) is 27.9. The van der Waals surface area contributed by atoms with E-state index < -0.39 is 0 Å². The summed E-state index contributed by atoms with van der Waals surface area (Å²) in [7, 11) is 0. The zero-order valence-corrected chi connectivity index (χ0v) is 28.3. The van der Waals surface area contributed by atoms with Crippen LogP contribution >= 0.6 is 0 Å². The Hall–Kier alpha value is -7.72. The topological polar surface area (TPSA) is 98.7 Å². The van der Waals surface area contributed by atoms with E-state index in [0.29, 0.717) is 5.84 Å². The van der Waals surface area contributed by atoms with Gasteiger partial charge in [0, 0.05) is 11.1 Å². The molecule has 54 heavy (non-hydrogen) atoms. The highest BCUT2D eigenvalue weighted by Gasteiger charge is 2.21. The molecule has 0 fully saturated rings. The zero-order chi connectivity index (χ0) is 35.1. The Morgan fingerprint density at radius 3 is 1.91 bits per heavy atom. The van der Waals surface area contributed by atoms with Crippen LogP contribution in [0.4, 0.5) is 0 Å². The predicted molar refractivity (Wildman–Crippen MR) is 212 cm³/mol. The van der Waals surface area contributed by atoms with Crippen LogP contribution in [-0.2, 0) is 0 Å². The van der Waals surface area contributed by atoms with Crippen molar-refractivity contribution in [2.75, 3.05) is 0 Å². The molecule has 0 radical (unpaired) electrons. The first-order valence-electron chi connectivity index (χ1n) is 17.8. The van der Waals surface area contributed by atoms with E-state index in [1.807, 2.05) is 48.5 Å². The maximum absolute atomic E-state index is 6.20. The van der Waals surface area contributed by atoms with E-state index in [1.165, 1.54) is 0 Å². The zero-order valence-electron chi connectivity index (χ0n) is 28.3. The molecule has 0 saturated carbocycles. The van der Waals surface area contributed by atoms with Gasteiger partial charge in [0.25, 0.3) is 0 Å². The van der Waals surface area contributed by atoms with E-state index in [1.54, 1.807) is 0 Å². The lowest BCUT2D eigenvalue weighted by Gasteiger charge is -2.08. The fourth-order valence-corrected chi connectivity index (χ4v) is 8.34. The van der Waals surface area contributed by atoms with E-state index in [4.69, 9.17) is 24.4 Å². The van der Waals surface area contributed by atoms with Crippen molar-refractivity contribution in [1.82, 2.24) is 42.7 Å². The Morgan fingerprint density at radius 1 is 0.444 bits per heavy atom. The average molecular weight is 696 g/mol. The predicted octanol–water partition coefficient (Wildman–Crippen LogP) is 9.99. The highest BCUT2D eigenvalue weighted by Crippen LogP contribution is 2.35. The summed E-state index contributed by atoms with van der Waals surface area (Å²) in [4.78, 5) is 23.4. The van der Waals surface area contributed by atoms with Gasteiger partial charge in [-0.2, -0.15) is 4.98 Å². The second-order valence-electron chi connectivity index (χ2n) is 13.8. The van der Waals surface area contributed by atoms with Gasteiger partial charge in [0.15, 0.2) is 5.58 Å². The first-order chi connectivity index (χ1) is 26.7. The molecule has 0 saturated heterocycles. The van der Waals surface area contributed by atoms with Gasteiger partial charge in [0.2, 0.25) is 11.6 Å². The molecule has 10 heteroatoms. The SMILES string of the molecule is c1cc(-c2ccc3[nH]c4nc5ccccc5n4c3c2)nc(-c2ccc3c(c2)n2c4ccccc4nc2n3-c2ccc3oc4nc5ccccc5n4c3c2)c1. The smallest absolute Gasteiger partial charge is 0.307 e. The molecule has 7 heterocycles. The van der Waals surface area contributed by atoms with E-state index in [0.717, 1.165) is 106 Å². The van der Waals surface area contributed by atoms with Gasteiger partial charge in [-0.3, -0.25) is 17.8 Å². The van der Waals surface area contributed by atoms with E-state index >= 15 is 0 Å². The Bertz CT molecular complexity index is 3700. The molecule has 0 atom stereocenters. The van der Waals surface area contributed by atoms with Crippen LogP contribution in [0.15, 0.2) is 150 Å². The number of pyridine rings is 1. The van der Waals surface area contributed by atoms with Crippen molar-refractivity contribution in [2.24, 2.45) is 0 Å².